The van der Waals surface area contributed by atoms with Crippen molar-refractivity contribution in [2.45, 2.75) is 38.3 Å². The van der Waals surface area contributed by atoms with Crippen LogP contribution in [0.1, 0.15) is 41.6 Å². The maximum Gasteiger partial charge on any atom is 0.414 e. The number of nitrogens with two attached hydrogens (primary N) is 1. The van der Waals surface area contributed by atoms with Crippen molar-refractivity contribution in [3.8, 4) is 11.1 Å². The molecule has 17 heteroatoms. The predicted octanol–water partition coefficient (Wildman–Crippen LogP) is 3.15. The summed E-state index contributed by atoms with van der Waals surface area (Å²) < 4.78 is 5.76. The van der Waals surface area contributed by atoms with Crippen LogP contribution in [0.2, 0.25) is 0 Å². The molecule has 7 N–H and O–H groups in total. The van der Waals surface area contributed by atoms with Gasteiger partial charge in [0, 0.05) is 56.8 Å². The van der Waals surface area contributed by atoms with Gasteiger partial charge in [0.05, 0.1) is 5.69 Å². The fourth-order valence-corrected chi connectivity index (χ4v) is 6.00. The molecule has 3 amide bonds. The van der Waals surface area contributed by atoms with E-state index in [1.54, 1.807) is 4.90 Å². The van der Waals surface area contributed by atoms with Gasteiger partial charge in [-0.1, -0.05) is 60.7 Å². The van der Waals surface area contributed by atoms with Gasteiger partial charge in [0.25, 0.3) is 5.91 Å². The van der Waals surface area contributed by atoms with Crippen LogP contribution in [-0.4, -0.2) is 129 Å². The van der Waals surface area contributed by atoms with Crippen molar-refractivity contribution in [2.24, 2.45) is 11.7 Å². The Balaban J connectivity index is 0.000000609. The summed E-state index contributed by atoms with van der Waals surface area (Å²) in [7, 11) is 1.84. The van der Waals surface area contributed by atoms with Gasteiger partial charge in [-0.3, -0.25) is 19.8 Å². The highest BCUT2D eigenvalue weighted by atomic mass is 16.6. The molecule has 0 saturated carbocycles. The number of nitrogens with zero attached hydrogens (tertiary/aromatic N) is 3. The molecule has 0 unspecified atom stereocenters. The smallest absolute Gasteiger partial charge is 0.414 e. The summed E-state index contributed by atoms with van der Waals surface area (Å²) in [4.78, 5) is 80.0. The number of hydrogen-bond acceptors (Lipinski definition) is 10. The number of anilines is 1. The van der Waals surface area contributed by atoms with E-state index in [0.717, 1.165) is 87.3 Å². The molecule has 2 aliphatic heterocycles. The third-order valence-electron chi connectivity index (χ3n) is 9.12. The first kappa shape index (κ1) is 44.1. The second-order valence-electron chi connectivity index (χ2n) is 13.1. The van der Waals surface area contributed by atoms with Gasteiger partial charge in [0.2, 0.25) is 5.91 Å². The normalized spacial score (nSPS) is 14.7. The average molecular weight is 778 g/mol. The number of nitrogens with one attached hydrogen (secondary N) is 1. The van der Waals surface area contributed by atoms with E-state index in [1.807, 2.05) is 85.9 Å². The molecule has 2 heterocycles. The van der Waals surface area contributed by atoms with Crippen molar-refractivity contribution in [3.63, 3.8) is 0 Å². The van der Waals surface area contributed by atoms with Gasteiger partial charge >= 0.3 is 30.0 Å². The Kier molecular flexibility index (Phi) is 17.4. The van der Waals surface area contributed by atoms with E-state index in [-0.39, 0.29) is 23.8 Å². The minimum Gasteiger partial charge on any atom is -0.473 e. The lowest BCUT2D eigenvalue weighted by Crippen LogP contribution is -2.42. The van der Waals surface area contributed by atoms with Crippen molar-refractivity contribution < 1.29 is 58.7 Å². The lowest BCUT2D eigenvalue weighted by molar-refractivity contribution is -0.159. The van der Waals surface area contributed by atoms with Crippen molar-refractivity contribution in [2.75, 3.05) is 51.6 Å². The number of likely N-dealkylation sites (N-methyl/N-ethyl adjacent to an activating group) is 1. The fraction of sp³-hybridized carbons (Fsp3) is 0.359. The number of carboxylic acid groups (broad SMARTS) is 4. The van der Waals surface area contributed by atoms with Gasteiger partial charge in [0.1, 0.15) is 6.10 Å². The van der Waals surface area contributed by atoms with Crippen molar-refractivity contribution in [1.82, 2.24) is 14.7 Å². The summed E-state index contributed by atoms with van der Waals surface area (Å²) in [6, 6.07) is 25.5. The summed E-state index contributed by atoms with van der Waals surface area (Å²) in [5.41, 5.74) is 9.99. The summed E-state index contributed by atoms with van der Waals surface area (Å²) in [5.74, 6) is -7.50. The number of para-hydroxylation sites is 1. The van der Waals surface area contributed by atoms with Crippen LogP contribution < -0.4 is 11.1 Å². The molecular weight excluding hydrogens is 730 g/mol. The second-order valence-corrected chi connectivity index (χ2v) is 13.1. The number of hydrogen-bond donors (Lipinski definition) is 6. The lowest BCUT2D eigenvalue weighted by Gasteiger charge is -2.32. The number of ether oxygens (including phenoxy) is 1. The first-order valence-corrected chi connectivity index (χ1v) is 17.8. The Morgan fingerprint density at radius 1 is 0.714 bits per heavy atom. The molecule has 0 spiro atoms. The molecule has 300 valence electrons. The predicted molar refractivity (Wildman–Crippen MR) is 203 cm³/mol. The van der Waals surface area contributed by atoms with E-state index in [1.165, 1.54) is 0 Å². The lowest BCUT2D eigenvalue weighted by atomic mass is 9.96. The van der Waals surface area contributed by atoms with Gasteiger partial charge in [-0.15, -0.1) is 0 Å². The van der Waals surface area contributed by atoms with Crippen LogP contribution in [0, 0.1) is 5.92 Å². The van der Waals surface area contributed by atoms with Crippen molar-refractivity contribution >= 4 is 47.5 Å². The molecule has 2 fully saturated rings. The van der Waals surface area contributed by atoms with Gasteiger partial charge < -0.3 is 40.7 Å². The zero-order chi connectivity index (χ0) is 41.2. The zero-order valence-electron chi connectivity index (χ0n) is 30.9. The monoisotopic (exact) mass is 777 g/mol. The molecule has 2 aliphatic rings. The molecule has 0 aromatic heterocycles. The van der Waals surface area contributed by atoms with Gasteiger partial charge in [-0.2, -0.15) is 0 Å². The maximum absolute atomic E-state index is 13.0. The molecule has 5 rings (SSSR count). The number of carbonyl (C=O) groups is 7. The topological polar surface area (TPSA) is 257 Å². The standard InChI is InChI=1S/C35H43N5O4.2C2H2O4/c1-38(34(42)29-13-11-26(12-14-29)25-40-19-15-28(16-20-40)33(36)41)23-24-39-21-17-30(18-22-39)44-35(43)37-32-10-6-5-9-31(32)27-7-3-2-4-8-27;2*3-1(4)2(5)6/h2-14,28,30H,15-25H2,1H3,(H2,36,41)(H,37,43);2*(H,3,4)(H,5,6). The summed E-state index contributed by atoms with van der Waals surface area (Å²) in [5, 5.41) is 32.5. The molecule has 3 aromatic rings. The quantitative estimate of drug-likeness (QED) is 0.162. The number of rotatable bonds is 10. The van der Waals surface area contributed by atoms with Crippen LogP contribution in [0.3, 0.4) is 0 Å². The van der Waals surface area contributed by atoms with E-state index < -0.39 is 30.0 Å². The van der Waals surface area contributed by atoms with E-state index in [9.17, 15) is 14.4 Å². The first-order valence-electron chi connectivity index (χ1n) is 17.8. The Labute approximate surface area is 323 Å². The minimum absolute atomic E-state index is 0.00416. The van der Waals surface area contributed by atoms with Crippen LogP contribution in [0.5, 0.6) is 0 Å². The maximum atomic E-state index is 13.0. The molecule has 3 aromatic carbocycles. The number of benzene rings is 3. The molecule has 0 aliphatic carbocycles. The van der Waals surface area contributed by atoms with Crippen LogP contribution in [0.4, 0.5) is 10.5 Å². The van der Waals surface area contributed by atoms with E-state index in [4.69, 9.17) is 50.1 Å². The Bertz CT molecular complexity index is 1760. The van der Waals surface area contributed by atoms with E-state index in [2.05, 4.69) is 15.1 Å². The summed E-state index contributed by atoms with van der Waals surface area (Å²) in [6.45, 7) is 5.53. The molecule has 56 heavy (non-hydrogen) atoms. The highest BCUT2D eigenvalue weighted by molar-refractivity contribution is 6.27. The molecule has 0 radical (unpaired) electrons. The second kappa shape index (κ2) is 22.1. The summed E-state index contributed by atoms with van der Waals surface area (Å²) in [6.07, 6.45) is 2.56. The van der Waals surface area contributed by atoms with Gasteiger partial charge in [-0.25, -0.2) is 24.0 Å². The Morgan fingerprint density at radius 2 is 1.23 bits per heavy atom. The van der Waals surface area contributed by atoms with E-state index in [0.29, 0.717) is 12.1 Å². The SMILES string of the molecule is CN(CCN1CCC(OC(=O)Nc2ccccc2-c2ccccc2)CC1)C(=O)c1ccc(CN2CCC(C(N)=O)CC2)cc1.O=C(O)C(=O)O.O=C(O)C(=O)O. The zero-order valence-corrected chi connectivity index (χ0v) is 30.9. The number of aliphatic carboxylic acids is 4. The van der Waals surface area contributed by atoms with E-state index >= 15 is 0 Å². The molecule has 2 saturated heterocycles. The molecule has 17 nitrogen and oxygen atoms in total. The average Bonchev–Trinajstić information content (AvgIpc) is 3.18. The highest BCUT2D eigenvalue weighted by Gasteiger charge is 2.25. The van der Waals surface area contributed by atoms with Crippen LogP contribution >= 0.6 is 0 Å². The fourth-order valence-electron chi connectivity index (χ4n) is 6.00. The Hall–Kier alpha value is -6.33. The number of carboxylic acids is 4. The number of amides is 3. The molecule has 0 bridgehead atoms. The highest BCUT2D eigenvalue weighted by Crippen LogP contribution is 2.28. The van der Waals surface area contributed by atoms with Crippen LogP contribution in [0.25, 0.3) is 11.1 Å². The largest absolute Gasteiger partial charge is 0.473 e. The third kappa shape index (κ3) is 14.8. The van der Waals surface area contributed by atoms with Crippen molar-refractivity contribution in [3.05, 3.63) is 90.0 Å². The van der Waals surface area contributed by atoms with Crippen molar-refractivity contribution in [1.29, 1.82) is 0 Å². The number of piperidine rings is 2. The first-order chi connectivity index (χ1) is 26.6. The van der Waals surface area contributed by atoms with Crippen LogP contribution in [-0.2, 0) is 35.3 Å². The Morgan fingerprint density at radius 3 is 1.77 bits per heavy atom. The molecular formula is C39H47N5O12. The third-order valence-corrected chi connectivity index (χ3v) is 9.12. The molecule has 0 atom stereocenters. The number of likely N-dealkylation sites (tertiary alicyclic amines) is 2. The number of primary amides is 1. The van der Waals surface area contributed by atoms with Crippen LogP contribution in [0.15, 0.2) is 78.9 Å². The number of carbonyl (C=O) groups excluding carboxylic acids is 3. The van der Waals surface area contributed by atoms with Gasteiger partial charge in [0.15, 0.2) is 0 Å². The minimum atomic E-state index is -1.82. The summed E-state index contributed by atoms with van der Waals surface area (Å²) >= 11 is 0. The van der Waals surface area contributed by atoms with Gasteiger partial charge in [-0.05, 0) is 68.1 Å².